The van der Waals surface area contributed by atoms with Gasteiger partial charge in [0.15, 0.2) is 5.78 Å². The summed E-state index contributed by atoms with van der Waals surface area (Å²) >= 11 is 0. The molecule has 298 valence electrons. The number of ketones is 1. The Hall–Kier alpha value is -1.16. The first kappa shape index (κ1) is 42.0. The van der Waals surface area contributed by atoms with Crippen molar-refractivity contribution in [3.05, 3.63) is 11.6 Å². The molecule has 0 saturated heterocycles. The molecule has 0 unspecified atom stereocenters. The van der Waals surface area contributed by atoms with Crippen molar-refractivity contribution in [3.8, 4) is 0 Å². The van der Waals surface area contributed by atoms with Crippen LogP contribution in [-0.4, -0.2) is 29.6 Å². The second-order valence-electron chi connectivity index (χ2n) is 21.1. The Kier molecular flexibility index (Phi) is 13.7. The van der Waals surface area contributed by atoms with Gasteiger partial charge in [-0.3, -0.25) is 9.59 Å². The highest BCUT2D eigenvalue weighted by molar-refractivity contribution is 5.95. The number of ether oxygens (including phenoxy) is 1. The lowest BCUT2D eigenvalue weighted by molar-refractivity contribution is -0.202. The van der Waals surface area contributed by atoms with Gasteiger partial charge in [-0.05, 0) is 116 Å². The first-order valence-corrected chi connectivity index (χ1v) is 22.7. The number of esters is 1. The zero-order chi connectivity index (χ0) is 37.8. The Morgan fingerprint density at radius 1 is 0.712 bits per heavy atom. The average molecular weight is 723 g/mol. The van der Waals surface area contributed by atoms with E-state index in [0.29, 0.717) is 18.3 Å². The monoisotopic (exact) mass is 723 g/mol. The molecule has 4 heteroatoms. The van der Waals surface area contributed by atoms with Gasteiger partial charge in [0.05, 0.1) is 18.1 Å². The van der Waals surface area contributed by atoms with Gasteiger partial charge in [0, 0.05) is 5.92 Å². The van der Waals surface area contributed by atoms with Gasteiger partial charge in [0.2, 0.25) is 0 Å². The molecule has 4 fully saturated rings. The Morgan fingerprint density at radius 3 is 1.83 bits per heavy atom. The standard InChI is InChI=1S/C48H82O4/c1-9-10-11-12-13-14-15-16-17-18-19-20-21-22-23-24-33-52-42(51)45(5)30-29-44(4)31-32-47(7)36(37(44)35-45)34-38(49)41-46(6)27-26-40(50)43(2,3)39(46)25-28-48(41,47)8/h34,37,39-41,50H,9-33,35H2,1-8H3/t37-,39-,40+,41-,44-,45+,46+,47-,48-/m1/s1. The first-order valence-electron chi connectivity index (χ1n) is 22.7. The maximum Gasteiger partial charge on any atom is 0.311 e. The van der Waals surface area contributed by atoms with Gasteiger partial charge in [-0.15, -0.1) is 0 Å². The molecular weight excluding hydrogens is 641 g/mol. The van der Waals surface area contributed by atoms with E-state index < -0.39 is 5.41 Å². The molecule has 0 spiro atoms. The van der Waals surface area contributed by atoms with Crippen LogP contribution in [0.2, 0.25) is 0 Å². The summed E-state index contributed by atoms with van der Waals surface area (Å²) in [4.78, 5) is 28.4. The Balaban J connectivity index is 1.10. The molecule has 9 atom stereocenters. The lowest BCUT2D eigenvalue weighted by Gasteiger charge is -2.70. The third kappa shape index (κ3) is 8.05. The van der Waals surface area contributed by atoms with Crippen molar-refractivity contribution in [1.82, 2.24) is 0 Å². The van der Waals surface area contributed by atoms with Gasteiger partial charge in [-0.2, -0.15) is 0 Å². The van der Waals surface area contributed by atoms with Crippen molar-refractivity contribution in [2.24, 2.45) is 50.2 Å². The lowest BCUT2D eigenvalue weighted by Crippen LogP contribution is -2.66. The summed E-state index contributed by atoms with van der Waals surface area (Å²) in [6.45, 7) is 19.3. The normalized spacial score (nSPS) is 39.5. The molecule has 0 bridgehead atoms. The van der Waals surface area contributed by atoms with Crippen molar-refractivity contribution in [3.63, 3.8) is 0 Å². The summed E-state index contributed by atoms with van der Waals surface area (Å²) in [7, 11) is 0. The predicted octanol–water partition coefficient (Wildman–Crippen LogP) is 13.1. The van der Waals surface area contributed by atoms with Gasteiger partial charge >= 0.3 is 5.97 Å². The van der Waals surface area contributed by atoms with Crippen LogP contribution in [0.15, 0.2) is 11.6 Å². The van der Waals surface area contributed by atoms with Crippen molar-refractivity contribution >= 4 is 11.8 Å². The summed E-state index contributed by atoms with van der Waals surface area (Å²) in [6.07, 6.45) is 32.1. The highest BCUT2D eigenvalue weighted by atomic mass is 16.5. The van der Waals surface area contributed by atoms with Crippen LogP contribution in [0.1, 0.15) is 216 Å². The van der Waals surface area contributed by atoms with E-state index in [2.05, 4.69) is 61.5 Å². The SMILES string of the molecule is CCCCCCCCCCCCCCCCCCOC(=O)[C@@]1(C)CC[C@]2(C)CC[C@]3(C)C(=CC(=O)[C@@H]4[C@@]5(C)CC[C@H](O)C(C)(C)[C@H]5CC[C@]43C)[C@H]2C1. The molecule has 0 heterocycles. The van der Waals surface area contributed by atoms with Crippen molar-refractivity contribution < 1.29 is 19.4 Å². The molecule has 0 aromatic rings. The Bertz CT molecular complexity index is 1250. The largest absolute Gasteiger partial charge is 0.465 e. The van der Waals surface area contributed by atoms with Gasteiger partial charge in [0.1, 0.15) is 0 Å². The fraction of sp³-hybridized carbons (Fsp3) is 0.917. The molecule has 0 aromatic carbocycles. The molecule has 0 amide bonds. The van der Waals surface area contributed by atoms with E-state index in [0.717, 1.165) is 70.6 Å². The third-order valence-electron chi connectivity index (χ3n) is 17.3. The first-order chi connectivity index (χ1) is 24.6. The van der Waals surface area contributed by atoms with Crippen molar-refractivity contribution in [2.45, 2.75) is 222 Å². The van der Waals surface area contributed by atoms with Gasteiger partial charge in [-0.1, -0.05) is 150 Å². The number of unbranched alkanes of at least 4 members (excludes halogenated alkanes) is 15. The van der Waals surface area contributed by atoms with Crippen LogP contribution in [0, 0.1) is 50.2 Å². The number of hydrogen-bond acceptors (Lipinski definition) is 4. The number of aliphatic hydroxyl groups is 1. The quantitative estimate of drug-likeness (QED) is 0.113. The summed E-state index contributed by atoms with van der Waals surface area (Å²) in [5.74, 6) is 0.899. The number of fused-ring (bicyclic) bond motifs is 7. The Labute approximate surface area is 320 Å². The van der Waals surface area contributed by atoms with Crippen LogP contribution in [0.3, 0.4) is 0 Å². The van der Waals surface area contributed by atoms with Gasteiger partial charge in [0.25, 0.3) is 0 Å². The fourth-order valence-corrected chi connectivity index (χ4v) is 13.3. The number of rotatable bonds is 18. The van der Waals surface area contributed by atoms with Crippen LogP contribution in [0.4, 0.5) is 0 Å². The zero-order valence-corrected chi connectivity index (χ0v) is 35.4. The minimum absolute atomic E-state index is 0.00868. The lowest BCUT2D eigenvalue weighted by atomic mass is 9.33. The van der Waals surface area contributed by atoms with Gasteiger partial charge in [-0.25, -0.2) is 0 Å². The van der Waals surface area contributed by atoms with Gasteiger partial charge < -0.3 is 9.84 Å². The van der Waals surface area contributed by atoms with E-state index in [9.17, 15) is 14.7 Å². The second-order valence-corrected chi connectivity index (χ2v) is 21.1. The van der Waals surface area contributed by atoms with Crippen LogP contribution < -0.4 is 0 Å². The van der Waals surface area contributed by atoms with E-state index in [4.69, 9.17) is 4.74 Å². The van der Waals surface area contributed by atoms with E-state index >= 15 is 0 Å². The zero-order valence-electron chi connectivity index (χ0n) is 35.4. The Morgan fingerprint density at radius 2 is 1.25 bits per heavy atom. The number of aliphatic hydroxyl groups excluding tert-OH is 1. The van der Waals surface area contributed by atoms with Crippen LogP contribution in [0.5, 0.6) is 0 Å². The molecule has 52 heavy (non-hydrogen) atoms. The van der Waals surface area contributed by atoms with E-state index in [-0.39, 0.29) is 51.0 Å². The fourth-order valence-electron chi connectivity index (χ4n) is 13.3. The maximum atomic E-state index is 14.6. The predicted molar refractivity (Wildman–Crippen MR) is 216 cm³/mol. The smallest absolute Gasteiger partial charge is 0.311 e. The third-order valence-corrected chi connectivity index (χ3v) is 17.3. The van der Waals surface area contributed by atoms with Crippen LogP contribution >= 0.6 is 0 Å². The molecular formula is C48H82O4. The summed E-state index contributed by atoms with van der Waals surface area (Å²) in [5, 5.41) is 11.0. The molecule has 0 radical (unpaired) electrons. The maximum absolute atomic E-state index is 14.6. The van der Waals surface area contributed by atoms with E-state index in [1.54, 1.807) is 0 Å². The molecule has 1 N–H and O–H groups in total. The van der Waals surface area contributed by atoms with Crippen LogP contribution in [-0.2, 0) is 14.3 Å². The number of hydrogen-bond donors (Lipinski definition) is 1. The summed E-state index contributed by atoms with van der Waals surface area (Å²) < 4.78 is 6.06. The van der Waals surface area contributed by atoms with E-state index in [1.165, 1.54) is 95.5 Å². The molecule has 0 aromatic heterocycles. The highest BCUT2D eigenvalue weighted by Gasteiger charge is 2.70. The molecule has 5 aliphatic rings. The topological polar surface area (TPSA) is 63.6 Å². The second kappa shape index (κ2) is 16.9. The van der Waals surface area contributed by atoms with Crippen molar-refractivity contribution in [1.29, 1.82) is 0 Å². The molecule has 0 aliphatic heterocycles. The summed E-state index contributed by atoms with van der Waals surface area (Å²) in [6, 6.07) is 0. The number of carbonyl (C=O) groups excluding carboxylic acids is 2. The van der Waals surface area contributed by atoms with Crippen LogP contribution in [0.25, 0.3) is 0 Å². The highest BCUT2D eigenvalue weighted by Crippen LogP contribution is 2.75. The summed E-state index contributed by atoms with van der Waals surface area (Å²) in [5.41, 5.74) is 0.546. The minimum atomic E-state index is -0.494. The molecule has 5 aliphatic carbocycles. The number of carbonyl (C=O) groups is 2. The molecule has 5 rings (SSSR count). The van der Waals surface area contributed by atoms with Crippen molar-refractivity contribution in [2.75, 3.05) is 6.61 Å². The molecule has 4 saturated carbocycles. The molecule has 4 nitrogen and oxygen atoms in total. The minimum Gasteiger partial charge on any atom is -0.465 e. The van der Waals surface area contributed by atoms with E-state index in [1.807, 2.05) is 0 Å². The average Bonchev–Trinajstić information content (AvgIpc) is 3.09. The number of allylic oxidation sites excluding steroid dienone is 2.